The molecule has 1 amide bonds. The molecule has 0 fully saturated rings. The lowest BCUT2D eigenvalue weighted by Crippen LogP contribution is -2.10. The highest BCUT2D eigenvalue weighted by Crippen LogP contribution is 2.36. The zero-order chi connectivity index (χ0) is 33.7. The average Bonchev–Trinajstić information content (AvgIpc) is 3.76. The number of ketones is 1. The third kappa shape index (κ3) is 7.80. The number of methoxy groups -OCH3 is 1. The van der Waals surface area contributed by atoms with Crippen LogP contribution in [0.3, 0.4) is 0 Å². The van der Waals surface area contributed by atoms with E-state index in [0.29, 0.717) is 42.6 Å². The van der Waals surface area contributed by atoms with E-state index in [0.717, 1.165) is 20.2 Å². The molecule has 0 radical (unpaired) electrons. The van der Waals surface area contributed by atoms with Crippen molar-refractivity contribution >= 4 is 112 Å². The smallest absolute Gasteiger partial charge is 0.354 e. The molecule has 238 valence electrons. The van der Waals surface area contributed by atoms with Gasteiger partial charge in [0.2, 0.25) is 0 Å². The molecular weight excluding hydrogens is 691 g/mol. The molecule has 0 unspecified atom stereocenters. The standard InChI is InChI=1S/C16H13ClN2O2S.C9H4Cl2OS.C7H10N2O2/c1-9(20)12-7-10(8-19(12)2)18-16(21)15-14(17)11-5-3-4-6-13(11)22-15;10-7-5-3-1-2-4-6(5)13-8(7)9(11)12;1-9-4-5(8)3-6(9)7(10)11-2/h3-8H,1-2H3,(H,18,21);1-4H;3-4H,8H2,1-2H3. The normalized spacial score (nSPS) is 10.5. The molecule has 0 atom stereocenters. The van der Waals surface area contributed by atoms with E-state index in [-0.39, 0.29) is 17.7 Å². The molecule has 46 heavy (non-hydrogen) atoms. The van der Waals surface area contributed by atoms with Crippen molar-refractivity contribution in [2.24, 2.45) is 14.1 Å². The van der Waals surface area contributed by atoms with E-state index in [4.69, 9.17) is 40.5 Å². The van der Waals surface area contributed by atoms with Crippen LogP contribution in [0.25, 0.3) is 20.2 Å². The molecule has 3 N–H and O–H groups in total. The maximum atomic E-state index is 12.4. The number of nitrogens with one attached hydrogen (secondary N) is 1. The van der Waals surface area contributed by atoms with Crippen molar-refractivity contribution in [1.29, 1.82) is 0 Å². The number of nitrogens with two attached hydrogens (primary N) is 1. The second kappa shape index (κ2) is 15.0. The first-order valence-electron chi connectivity index (χ1n) is 13.3. The number of hydrogen-bond donors (Lipinski definition) is 2. The molecule has 0 aliphatic heterocycles. The summed E-state index contributed by atoms with van der Waals surface area (Å²) in [6, 6.07) is 18.4. The largest absolute Gasteiger partial charge is 0.464 e. The number of hydrogen-bond acceptors (Lipinski definition) is 8. The minimum absolute atomic E-state index is 0.0529. The fraction of sp³-hybridized carbons (Fsp3) is 0.125. The first-order valence-corrected chi connectivity index (χ1v) is 16.1. The molecule has 0 bridgehead atoms. The van der Waals surface area contributed by atoms with Crippen molar-refractivity contribution in [2.45, 2.75) is 6.92 Å². The second-order valence-electron chi connectivity index (χ2n) is 9.75. The summed E-state index contributed by atoms with van der Waals surface area (Å²) in [5.74, 6) is -0.695. The van der Waals surface area contributed by atoms with Gasteiger partial charge in [-0.15, -0.1) is 22.7 Å². The van der Waals surface area contributed by atoms with Crippen molar-refractivity contribution in [3.8, 4) is 0 Å². The number of anilines is 2. The molecule has 0 aliphatic carbocycles. The topological polar surface area (TPSA) is 125 Å². The molecule has 4 aromatic heterocycles. The molecule has 6 aromatic rings. The number of ether oxygens (including phenoxy) is 1. The lowest BCUT2D eigenvalue weighted by Gasteiger charge is -2.00. The maximum absolute atomic E-state index is 12.4. The van der Waals surface area contributed by atoms with Gasteiger partial charge in [-0.25, -0.2) is 4.79 Å². The number of aryl methyl sites for hydroxylation is 2. The maximum Gasteiger partial charge on any atom is 0.354 e. The minimum Gasteiger partial charge on any atom is -0.464 e. The number of nitrogen functional groups attached to an aromatic ring is 1. The van der Waals surface area contributed by atoms with Crippen molar-refractivity contribution in [3.05, 3.63) is 104 Å². The highest BCUT2D eigenvalue weighted by atomic mass is 35.5. The zero-order valence-corrected chi connectivity index (χ0v) is 28.8. The van der Waals surface area contributed by atoms with Gasteiger partial charge in [0.05, 0.1) is 34.2 Å². The minimum atomic E-state index is -0.494. The summed E-state index contributed by atoms with van der Waals surface area (Å²) < 4.78 is 9.78. The number of esters is 1. The van der Waals surface area contributed by atoms with Crippen LogP contribution in [0.1, 0.15) is 47.2 Å². The number of carbonyl (C=O) groups excluding carboxylic acids is 4. The Bertz CT molecular complexity index is 2090. The Labute approximate surface area is 287 Å². The van der Waals surface area contributed by atoms with E-state index in [1.807, 2.05) is 48.5 Å². The van der Waals surface area contributed by atoms with E-state index in [1.54, 1.807) is 47.8 Å². The Hall–Kier alpha value is -4.13. The van der Waals surface area contributed by atoms with Crippen molar-refractivity contribution in [2.75, 3.05) is 18.2 Å². The molecule has 9 nitrogen and oxygen atoms in total. The number of Topliss-reactive ketones (excluding diaryl/α,β-unsaturated/α-hetero) is 1. The first-order chi connectivity index (χ1) is 21.8. The number of nitrogens with zero attached hydrogens (tertiary/aromatic N) is 2. The monoisotopic (exact) mass is 716 g/mol. The van der Waals surface area contributed by atoms with Gasteiger partial charge in [0, 0.05) is 53.6 Å². The van der Waals surface area contributed by atoms with Gasteiger partial charge in [-0.2, -0.15) is 0 Å². The quantitative estimate of drug-likeness (QED) is 0.104. The van der Waals surface area contributed by atoms with Crippen LogP contribution in [0.15, 0.2) is 73.1 Å². The Balaban J connectivity index is 0.000000170. The molecule has 14 heteroatoms. The van der Waals surface area contributed by atoms with E-state index in [9.17, 15) is 19.2 Å². The van der Waals surface area contributed by atoms with Gasteiger partial charge in [-0.05, 0) is 35.9 Å². The molecular formula is C32H27Cl3N4O5S2. The summed E-state index contributed by atoms with van der Waals surface area (Å²) >= 11 is 20.3. The third-order valence-corrected chi connectivity index (χ3v) is 10.1. The van der Waals surface area contributed by atoms with E-state index < -0.39 is 5.24 Å². The number of aromatic nitrogens is 2. The number of halogens is 3. The zero-order valence-electron chi connectivity index (χ0n) is 24.9. The van der Waals surface area contributed by atoms with Crippen molar-refractivity contribution in [3.63, 3.8) is 0 Å². The predicted molar refractivity (Wildman–Crippen MR) is 188 cm³/mol. The molecule has 4 heterocycles. The number of fused-ring (bicyclic) bond motifs is 2. The van der Waals surface area contributed by atoms with E-state index >= 15 is 0 Å². The van der Waals surface area contributed by atoms with E-state index in [1.165, 1.54) is 36.7 Å². The van der Waals surface area contributed by atoms with Crippen LogP contribution in [-0.2, 0) is 18.8 Å². The molecule has 0 saturated carbocycles. The number of amides is 1. The highest BCUT2D eigenvalue weighted by Gasteiger charge is 2.18. The summed E-state index contributed by atoms with van der Waals surface area (Å²) in [6.07, 6.45) is 3.36. The van der Waals surface area contributed by atoms with Crippen LogP contribution < -0.4 is 11.1 Å². The molecule has 0 aliphatic rings. The summed E-state index contributed by atoms with van der Waals surface area (Å²) in [7, 11) is 4.84. The van der Waals surface area contributed by atoms with Gasteiger partial charge in [0.25, 0.3) is 11.1 Å². The van der Waals surface area contributed by atoms with Crippen LogP contribution in [0.4, 0.5) is 11.4 Å². The van der Waals surface area contributed by atoms with Crippen LogP contribution in [0, 0.1) is 0 Å². The predicted octanol–water partition coefficient (Wildman–Crippen LogP) is 8.68. The average molecular weight is 718 g/mol. The summed E-state index contributed by atoms with van der Waals surface area (Å²) in [4.78, 5) is 46.6. The summed E-state index contributed by atoms with van der Waals surface area (Å²) in [5, 5.41) is 4.97. The van der Waals surface area contributed by atoms with Gasteiger partial charge in [-0.3, -0.25) is 14.4 Å². The number of benzene rings is 2. The Morgan fingerprint density at radius 3 is 1.78 bits per heavy atom. The number of thiophene rings is 2. The SMILES string of the molecule is CC(=O)c1cc(NC(=O)c2sc3ccccc3c2Cl)cn1C.COC(=O)c1cc(N)cn1C.O=C(Cl)c1sc2ccccc2c1Cl. The van der Waals surface area contributed by atoms with Crippen LogP contribution in [0.5, 0.6) is 0 Å². The lowest BCUT2D eigenvalue weighted by molar-refractivity contribution is 0.0589. The fourth-order valence-electron chi connectivity index (χ4n) is 4.37. The van der Waals surface area contributed by atoms with Gasteiger partial charge in [0.15, 0.2) is 5.78 Å². The third-order valence-electron chi connectivity index (χ3n) is 6.50. The second-order valence-corrected chi connectivity index (χ2v) is 13.0. The number of carbonyl (C=O) groups is 4. The van der Waals surface area contributed by atoms with Crippen LogP contribution >= 0.6 is 57.5 Å². The fourth-order valence-corrected chi connectivity index (χ4v) is 7.39. The molecule has 0 saturated heterocycles. The Morgan fingerprint density at radius 2 is 1.33 bits per heavy atom. The molecule has 2 aromatic carbocycles. The van der Waals surface area contributed by atoms with Gasteiger partial charge >= 0.3 is 5.97 Å². The van der Waals surface area contributed by atoms with E-state index in [2.05, 4.69) is 10.1 Å². The Morgan fingerprint density at radius 1 is 0.804 bits per heavy atom. The van der Waals surface area contributed by atoms with Crippen molar-refractivity contribution < 1.29 is 23.9 Å². The van der Waals surface area contributed by atoms with Crippen molar-refractivity contribution in [1.82, 2.24) is 9.13 Å². The lowest BCUT2D eigenvalue weighted by atomic mass is 10.2. The first kappa shape index (κ1) is 34.7. The van der Waals surface area contributed by atoms with Gasteiger partial charge in [0.1, 0.15) is 15.4 Å². The molecule has 6 rings (SSSR count). The Kier molecular flexibility index (Phi) is 11.3. The highest BCUT2D eigenvalue weighted by molar-refractivity contribution is 7.23. The number of rotatable bonds is 5. The van der Waals surface area contributed by atoms with Crippen LogP contribution in [0.2, 0.25) is 10.0 Å². The summed E-state index contributed by atoms with van der Waals surface area (Å²) in [6.45, 7) is 1.49. The van der Waals surface area contributed by atoms with Gasteiger partial charge in [-0.1, -0.05) is 59.6 Å². The summed E-state index contributed by atoms with van der Waals surface area (Å²) in [5.41, 5.74) is 7.58. The van der Waals surface area contributed by atoms with Crippen LogP contribution in [-0.4, -0.2) is 39.1 Å². The molecule has 0 spiro atoms. The van der Waals surface area contributed by atoms with Gasteiger partial charge < -0.3 is 24.9 Å².